The first-order valence-corrected chi connectivity index (χ1v) is 5.82. The summed E-state index contributed by atoms with van der Waals surface area (Å²) < 4.78 is 10.4. The van der Waals surface area contributed by atoms with E-state index < -0.39 is 0 Å². The van der Waals surface area contributed by atoms with Crippen LogP contribution in [-0.4, -0.2) is 29.9 Å². The molecule has 1 heterocycles. The molecule has 108 valence electrons. The largest absolute Gasteiger partial charge is 0.494 e. The van der Waals surface area contributed by atoms with Gasteiger partial charge in [0, 0.05) is 12.7 Å². The monoisotopic (exact) mass is 278 g/mol. The van der Waals surface area contributed by atoms with Gasteiger partial charge in [-0.1, -0.05) is 12.1 Å². The summed E-state index contributed by atoms with van der Waals surface area (Å²) in [5, 5.41) is 8.95. The van der Waals surface area contributed by atoms with Crippen LogP contribution in [0, 0.1) is 0 Å². The molecule has 4 N–H and O–H groups in total. The van der Waals surface area contributed by atoms with Gasteiger partial charge in [0.1, 0.15) is 11.4 Å². The molecule has 0 saturated heterocycles. The number of ether oxygens (including phenoxy) is 2. The summed E-state index contributed by atoms with van der Waals surface area (Å²) >= 11 is 0. The number of hydrogen-bond acceptors (Lipinski definition) is 5. The lowest BCUT2D eigenvalue weighted by molar-refractivity contribution is 0.181. The van der Waals surface area contributed by atoms with Crippen LogP contribution >= 0.6 is 0 Å². The van der Waals surface area contributed by atoms with E-state index in [4.69, 9.17) is 14.7 Å². The first kappa shape index (κ1) is 15.9. The van der Waals surface area contributed by atoms with Crippen molar-refractivity contribution in [3.63, 3.8) is 0 Å². The molecule has 20 heavy (non-hydrogen) atoms. The molecule has 0 radical (unpaired) electrons. The Morgan fingerprint density at radius 1 is 1.20 bits per heavy atom. The molecule has 2 aromatic rings. The van der Waals surface area contributed by atoms with E-state index in [0.29, 0.717) is 23.7 Å². The van der Waals surface area contributed by atoms with Gasteiger partial charge in [-0.2, -0.15) is 0 Å². The van der Waals surface area contributed by atoms with Gasteiger partial charge in [0.2, 0.25) is 0 Å². The molecule has 1 aromatic heterocycles. The molecular weight excluding hydrogens is 260 g/mol. The highest BCUT2D eigenvalue weighted by Gasteiger charge is 2.09. The zero-order valence-corrected chi connectivity index (χ0v) is 11.4. The lowest BCUT2D eigenvalue weighted by Gasteiger charge is -2.10. The molecule has 0 aliphatic carbocycles. The number of anilines is 1. The van der Waals surface area contributed by atoms with Crippen LogP contribution in [0.2, 0.25) is 0 Å². The highest BCUT2D eigenvalue weighted by atomic mass is 16.5. The van der Waals surface area contributed by atoms with Crippen molar-refractivity contribution < 1.29 is 20.2 Å². The molecule has 6 nitrogen and oxygen atoms in total. The van der Waals surface area contributed by atoms with Crippen molar-refractivity contribution in [2.45, 2.75) is 6.61 Å². The number of methoxy groups -OCH3 is 2. The summed E-state index contributed by atoms with van der Waals surface area (Å²) in [5.74, 6) is 0.676. The Kier molecular flexibility index (Phi) is 5.92. The fraction of sp³-hybridized carbons (Fsp3) is 0.214. The van der Waals surface area contributed by atoms with Crippen molar-refractivity contribution in [3.8, 4) is 17.0 Å². The number of nitrogens with one attached hydrogen (secondary N) is 1. The van der Waals surface area contributed by atoms with Gasteiger partial charge in [0.15, 0.2) is 0 Å². The second-order valence-electron chi connectivity index (χ2n) is 3.98. The molecule has 6 heteroatoms. The van der Waals surface area contributed by atoms with Crippen molar-refractivity contribution in [2.75, 3.05) is 19.7 Å². The van der Waals surface area contributed by atoms with E-state index in [2.05, 4.69) is 10.5 Å². The van der Waals surface area contributed by atoms with Crippen molar-refractivity contribution in [2.24, 2.45) is 0 Å². The van der Waals surface area contributed by atoms with Crippen molar-refractivity contribution >= 4 is 5.69 Å². The predicted molar refractivity (Wildman–Crippen MR) is 76.0 cm³/mol. The Labute approximate surface area is 117 Å². The number of hydrogen-bond donors (Lipinski definition) is 2. The summed E-state index contributed by atoms with van der Waals surface area (Å²) in [4.78, 5) is 4.52. The minimum absolute atomic E-state index is 0. The Balaban J connectivity index is 0.00000200. The highest BCUT2D eigenvalue weighted by Crippen LogP contribution is 2.29. The van der Waals surface area contributed by atoms with Crippen LogP contribution < -0.4 is 10.2 Å². The number of rotatable bonds is 5. The molecule has 0 fully saturated rings. The van der Waals surface area contributed by atoms with Gasteiger partial charge in [0.05, 0.1) is 25.1 Å². The van der Waals surface area contributed by atoms with Gasteiger partial charge < -0.3 is 14.9 Å². The maximum atomic E-state index is 8.95. The smallest absolute Gasteiger partial charge is 0.145 e. The third-order valence-electron chi connectivity index (χ3n) is 2.69. The van der Waals surface area contributed by atoms with Crippen LogP contribution in [0.1, 0.15) is 5.69 Å². The Bertz CT molecular complexity index is 561. The van der Waals surface area contributed by atoms with Gasteiger partial charge in [-0.3, -0.25) is 10.7 Å². The fourth-order valence-corrected chi connectivity index (χ4v) is 1.82. The van der Waals surface area contributed by atoms with Crippen molar-refractivity contribution in [3.05, 3.63) is 42.1 Å². The van der Waals surface area contributed by atoms with Gasteiger partial charge in [-0.25, -0.2) is 4.98 Å². The third-order valence-corrected chi connectivity index (χ3v) is 2.69. The first-order chi connectivity index (χ1) is 9.28. The van der Waals surface area contributed by atoms with E-state index in [1.807, 2.05) is 24.3 Å². The minimum atomic E-state index is 0. The topological polar surface area (TPSA) is 95.1 Å². The maximum absolute atomic E-state index is 8.95. The van der Waals surface area contributed by atoms with E-state index in [1.54, 1.807) is 26.4 Å². The van der Waals surface area contributed by atoms with Gasteiger partial charge >= 0.3 is 0 Å². The average Bonchev–Trinajstić information content (AvgIpc) is 2.47. The minimum Gasteiger partial charge on any atom is -0.494 e. The van der Waals surface area contributed by atoms with Crippen LogP contribution in [0.15, 0.2) is 36.4 Å². The lowest BCUT2D eigenvalue weighted by Crippen LogP contribution is -1.98. The zero-order valence-electron chi connectivity index (χ0n) is 11.4. The summed E-state index contributed by atoms with van der Waals surface area (Å²) in [6.07, 6.45) is 0. The fourth-order valence-electron chi connectivity index (χ4n) is 1.82. The molecule has 0 spiro atoms. The van der Waals surface area contributed by atoms with Crippen LogP contribution in [0.3, 0.4) is 0 Å². The summed E-state index contributed by atoms with van der Waals surface area (Å²) in [6, 6.07) is 11.0. The number of benzene rings is 1. The standard InChI is InChI=1S/C14H16N2O3.H2O/c1-18-9-12-6-7-13(19-2)14(15-12)10-4-3-5-11(8-10)16-17;/h3-8,16-17H,9H2,1-2H3;1H2. The second kappa shape index (κ2) is 7.44. The molecule has 0 aliphatic heterocycles. The molecule has 0 aliphatic rings. The molecule has 0 amide bonds. The first-order valence-electron chi connectivity index (χ1n) is 5.82. The van der Waals surface area contributed by atoms with E-state index in [-0.39, 0.29) is 5.48 Å². The van der Waals surface area contributed by atoms with Crippen LogP contribution in [0.4, 0.5) is 5.69 Å². The van der Waals surface area contributed by atoms with E-state index in [0.717, 1.165) is 11.3 Å². The number of pyridine rings is 1. The quantitative estimate of drug-likeness (QED) is 0.814. The van der Waals surface area contributed by atoms with Gasteiger partial charge in [-0.15, -0.1) is 0 Å². The molecule has 0 unspecified atom stereocenters. The molecular formula is C14H18N2O4. The highest BCUT2D eigenvalue weighted by molar-refractivity contribution is 5.70. The van der Waals surface area contributed by atoms with Gasteiger partial charge in [0.25, 0.3) is 0 Å². The van der Waals surface area contributed by atoms with Crippen molar-refractivity contribution in [1.82, 2.24) is 4.98 Å². The number of aromatic nitrogens is 1. The van der Waals surface area contributed by atoms with Crippen LogP contribution in [0.25, 0.3) is 11.3 Å². The van der Waals surface area contributed by atoms with E-state index >= 15 is 0 Å². The maximum Gasteiger partial charge on any atom is 0.145 e. The SMILES string of the molecule is COCc1ccc(OC)c(-c2cccc(NO)c2)n1.O. The molecule has 1 aromatic carbocycles. The van der Waals surface area contributed by atoms with Gasteiger partial charge in [-0.05, 0) is 24.3 Å². The molecule has 0 bridgehead atoms. The molecule has 2 rings (SSSR count). The Morgan fingerprint density at radius 2 is 2.00 bits per heavy atom. The number of nitrogens with zero attached hydrogens (tertiary/aromatic N) is 1. The lowest BCUT2D eigenvalue weighted by atomic mass is 10.1. The predicted octanol–water partition coefficient (Wildman–Crippen LogP) is 1.88. The van der Waals surface area contributed by atoms with Crippen molar-refractivity contribution in [1.29, 1.82) is 0 Å². The third kappa shape index (κ3) is 3.45. The van der Waals surface area contributed by atoms with E-state index in [9.17, 15) is 0 Å². The Morgan fingerprint density at radius 3 is 2.65 bits per heavy atom. The Hall–Kier alpha value is -2.15. The van der Waals surface area contributed by atoms with Crippen LogP contribution in [0.5, 0.6) is 5.75 Å². The van der Waals surface area contributed by atoms with E-state index in [1.165, 1.54) is 0 Å². The average molecular weight is 278 g/mol. The molecule has 0 saturated carbocycles. The summed E-state index contributed by atoms with van der Waals surface area (Å²) in [5.41, 5.74) is 5.11. The second-order valence-corrected chi connectivity index (χ2v) is 3.98. The molecule has 0 atom stereocenters. The zero-order chi connectivity index (χ0) is 13.7. The van der Waals surface area contributed by atoms with Crippen LogP contribution in [-0.2, 0) is 11.3 Å². The normalized spacial score (nSPS) is 9.75. The summed E-state index contributed by atoms with van der Waals surface area (Å²) in [7, 11) is 3.23. The summed E-state index contributed by atoms with van der Waals surface area (Å²) in [6.45, 7) is 0.439.